The predicted octanol–water partition coefficient (Wildman–Crippen LogP) is 19.8. The Hall–Kier alpha value is -9.04. The molecule has 12 aromatic carbocycles. The Labute approximate surface area is 422 Å². The van der Waals surface area contributed by atoms with Crippen molar-refractivity contribution in [1.82, 2.24) is 0 Å². The second-order valence-corrected chi connectivity index (χ2v) is 19.6. The van der Waals surface area contributed by atoms with Crippen molar-refractivity contribution in [3.05, 3.63) is 284 Å². The molecule has 0 unspecified atom stereocenters. The van der Waals surface area contributed by atoms with Crippen LogP contribution in [0.1, 0.15) is 25.0 Å². The van der Waals surface area contributed by atoms with Crippen molar-refractivity contribution in [1.29, 1.82) is 0 Å². The van der Waals surface area contributed by atoms with Gasteiger partial charge in [0.05, 0.1) is 5.69 Å². The molecule has 0 fully saturated rings. The normalized spacial score (nSPS) is 12.4. The fourth-order valence-electron chi connectivity index (χ4n) is 11.5. The number of benzene rings is 12. The van der Waals surface area contributed by atoms with Crippen molar-refractivity contribution in [2.24, 2.45) is 0 Å². The maximum Gasteiger partial charge on any atom is 0.0624 e. The highest BCUT2D eigenvalue weighted by atomic mass is 15.1. The number of nitrogens with zero attached hydrogens (tertiary/aromatic N) is 1. The highest BCUT2D eigenvalue weighted by Crippen LogP contribution is 2.55. The Morgan fingerprint density at radius 2 is 0.639 bits per heavy atom. The van der Waals surface area contributed by atoms with Gasteiger partial charge in [-0.15, -0.1) is 0 Å². The molecule has 0 aromatic heterocycles. The lowest BCUT2D eigenvalue weighted by Crippen LogP contribution is -2.17. The number of rotatable bonds is 9. The molecule has 0 saturated carbocycles. The molecule has 1 nitrogen and oxygen atoms in total. The van der Waals surface area contributed by atoms with Gasteiger partial charge < -0.3 is 4.90 Å². The number of hydrogen-bond acceptors (Lipinski definition) is 1. The van der Waals surface area contributed by atoms with Gasteiger partial charge in [0, 0.05) is 27.7 Å². The smallest absolute Gasteiger partial charge is 0.0624 e. The van der Waals surface area contributed by atoms with Crippen LogP contribution in [0.4, 0.5) is 17.1 Å². The van der Waals surface area contributed by atoms with Gasteiger partial charge in [-0.05, 0) is 136 Å². The van der Waals surface area contributed by atoms with E-state index in [1.54, 1.807) is 0 Å². The van der Waals surface area contributed by atoms with Crippen LogP contribution in [0.25, 0.3) is 99.4 Å². The highest BCUT2D eigenvalue weighted by Gasteiger charge is 2.37. The SMILES string of the molecule is CC1(C)c2cc(-c3ccccc3)ccc2-c2ccc(N(c3ccc(-c4ccccc4)c(-c4ccccc4)c3)c3c(-c4ccc(-c5cccc(-c6ccccc6)c5)cc4)c4ccccc4c4ccccc34)cc21. The van der Waals surface area contributed by atoms with Crippen LogP contribution in [-0.4, -0.2) is 0 Å². The van der Waals surface area contributed by atoms with Crippen molar-refractivity contribution >= 4 is 38.6 Å². The second-order valence-electron chi connectivity index (χ2n) is 19.6. The molecule has 0 spiro atoms. The first-order valence-corrected chi connectivity index (χ1v) is 25.1. The van der Waals surface area contributed by atoms with Gasteiger partial charge in [-0.2, -0.15) is 0 Å². The molecular formula is C71H51N. The first-order valence-electron chi connectivity index (χ1n) is 25.1. The van der Waals surface area contributed by atoms with E-state index in [0.717, 1.165) is 22.6 Å². The van der Waals surface area contributed by atoms with E-state index in [1.807, 2.05) is 0 Å². The molecule has 0 amide bonds. The van der Waals surface area contributed by atoms with Gasteiger partial charge in [0.25, 0.3) is 0 Å². The van der Waals surface area contributed by atoms with Crippen LogP contribution in [0.15, 0.2) is 273 Å². The van der Waals surface area contributed by atoms with E-state index in [0.29, 0.717) is 0 Å². The van der Waals surface area contributed by atoms with Crippen molar-refractivity contribution in [2.45, 2.75) is 19.3 Å². The Balaban J connectivity index is 1.06. The standard InChI is InChI=1S/C71H51N/c1-71(2)67-45-56(49-22-9-4-10-23-49)38-41-62(67)63-43-40-58(47-68(63)71)72(57-39-42-59(51-24-11-5-12-25-51)66(46-57)52-26-13-6-14-27-52)70-65-33-18-16-31-61(65)60-30-15-17-32-64(60)69(70)53-36-34-50(35-37-53)55-29-19-28-54(44-55)48-20-7-3-8-21-48/h3-47H,1-2H3. The summed E-state index contributed by atoms with van der Waals surface area (Å²) in [6.07, 6.45) is 0. The molecule has 0 radical (unpaired) electrons. The molecule has 0 heterocycles. The van der Waals surface area contributed by atoms with Gasteiger partial charge in [0.1, 0.15) is 0 Å². The Morgan fingerprint density at radius 1 is 0.250 bits per heavy atom. The minimum absolute atomic E-state index is 0.259. The van der Waals surface area contributed by atoms with E-state index < -0.39 is 0 Å². The maximum absolute atomic E-state index is 2.57. The van der Waals surface area contributed by atoms with Gasteiger partial charge in [-0.25, -0.2) is 0 Å². The molecule has 13 rings (SSSR count). The number of fused-ring (bicyclic) bond motifs is 6. The van der Waals surface area contributed by atoms with Gasteiger partial charge in [0.2, 0.25) is 0 Å². The van der Waals surface area contributed by atoms with Gasteiger partial charge in [-0.3, -0.25) is 0 Å². The predicted molar refractivity (Wildman–Crippen MR) is 306 cm³/mol. The lowest BCUT2D eigenvalue weighted by atomic mass is 9.81. The third kappa shape index (κ3) is 7.41. The molecule has 72 heavy (non-hydrogen) atoms. The molecule has 0 atom stereocenters. The van der Waals surface area contributed by atoms with Crippen LogP contribution >= 0.6 is 0 Å². The Morgan fingerprint density at radius 3 is 1.24 bits per heavy atom. The summed E-state index contributed by atoms with van der Waals surface area (Å²) >= 11 is 0. The quantitative estimate of drug-likeness (QED) is 0.130. The van der Waals surface area contributed by atoms with E-state index in [1.165, 1.54) is 105 Å². The van der Waals surface area contributed by atoms with E-state index in [2.05, 4.69) is 292 Å². The molecule has 0 bridgehead atoms. The fourth-order valence-corrected chi connectivity index (χ4v) is 11.5. The minimum atomic E-state index is -0.259. The summed E-state index contributed by atoms with van der Waals surface area (Å²) < 4.78 is 0. The lowest BCUT2D eigenvalue weighted by molar-refractivity contribution is 0.660. The van der Waals surface area contributed by atoms with Crippen LogP contribution in [-0.2, 0) is 5.41 Å². The number of hydrogen-bond donors (Lipinski definition) is 0. The molecule has 0 saturated heterocycles. The number of anilines is 3. The zero-order valence-electron chi connectivity index (χ0n) is 40.4. The third-order valence-corrected chi connectivity index (χ3v) is 15.1. The van der Waals surface area contributed by atoms with E-state index >= 15 is 0 Å². The lowest BCUT2D eigenvalue weighted by Gasteiger charge is -2.32. The highest BCUT2D eigenvalue weighted by molar-refractivity contribution is 6.22. The van der Waals surface area contributed by atoms with Crippen molar-refractivity contribution < 1.29 is 0 Å². The summed E-state index contributed by atoms with van der Waals surface area (Å²) in [6.45, 7) is 4.80. The minimum Gasteiger partial charge on any atom is -0.309 e. The molecule has 340 valence electrons. The summed E-state index contributed by atoms with van der Waals surface area (Å²) in [5.74, 6) is 0. The Bertz CT molecular complexity index is 3970. The summed E-state index contributed by atoms with van der Waals surface area (Å²) in [7, 11) is 0. The first kappa shape index (κ1) is 43.0. The van der Waals surface area contributed by atoms with E-state index in [4.69, 9.17) is 0 Å². The van der Waals surface area contributed by atoms with Gasteiger partial charge >= 0.3 is 0 Å². The molecular weight excluding hydrogens is 867 g/mol. The first-order chi connectivity index (χ1) is 35.5. The monoisotopic (exact) mass is 917 g/mol. The second kappa shape index (κ2) is 17.7. The van der Waals surface area contributed by atoms with Crippen molar-refractivity contribution in [3.8, 4) is 77.9 Å². The van der Waals surface area contributed by atoms with E-state index in [-0.39, 0.29) is 5.41 Å². The van der Waals surface area contributed by atoms with Crippen LogP contribution in [0.2, 0.25) is 0 Å². The average Bonchev–Trinajstić information content (AvgIpc) is 3.68. The summed E-state index contributed by atoms with van der Waals surface area (Å²) in [4.78, 5) is 2.57. The van der Waals surface area contributed by atoms with E-state index in [9.17, 15) is 0 Å². The molecule has 0 N–H and O–H groups in total. The molecule has 1 aliphatic carbocycles. The summed E-state index contributed by atoms with van der Waals surface area (Å²) in [6, 6.07) is 101. The average molecular weight is 918 g/mol. The van der Waals surface area contributed by atoms with Crippen LogP contribution in [0.3, 0.4) is 0 Å². The van der Waals surface area contributed by atoms with Crippen LogP contribution in [0.5, 0.6) is 0 Å². The molecule has 1 aliphatic rings. The topological polar surface area (TPSA) is 3.24 Å². The zero-order chi connectivity index (χ0) is 48.2. The largest absolute Gasteiger partial charge is 0.309 e. The summed E-state index contributed by atoms with van der Waals surface area (Å²) in [5.41, 5.74) is 22.7. The van der Waals surface area contributed by atoms with Crippen molar-refractivity contribution in [2.75, 3.05) is 4.90 Å². The molecule has 12 aromatic rings. The van der Waals surface area contributed by atoms with Gasteiger partial charge in [-0.1, -0.05) is 250 Å². The van der Waals surface area contributed by atoms with Crippen molar-refractivity contribution in [3.63, 3.8) is 0 Å². The molecule has 1 heteroatoms. The third-order valence-electron chi connectivity index (χ3n) is 15.1. The maximum atomic E-state index is 2.57. The molecule has 0 aliphatic heterocycles. The fraction of sp³-hybridized carbons (Fsp3) is 0.0423. The van der Waals surface area contributed by atoms with Gasteiger partial charge in [0.15, 0.2) is 0 Å². The summed E-state index contributed by atoms with van der Waals surface area (Å²) in [5, 5.41) is 4.85. The van der Waals surface area contributed by atoms with Crippen LogP contribution in [0, 0.1) is 0 Å². The zero-order valence-corrected chi connectivity index (χ0v) is 40.4. The van der Waals surface area contributed by atoms with Crippen LogP contribution < -0.4 is 4.90 Å². The Kier molecular flexibility index (Phi) is 10.6.